The van der Waals surface area contributed by atoms with Crippen LogP contribution in [0.4, 0.5) is 11.4 Å². The number of nitrogens with zero attached hydrogens (tertiary/aromatic N) is 1. The van der Waals surface area contributed by atoms with Gasteiger partial charge < -0.3 is 10.2 Å². The van der Waals surface area contributed by atoms with Crippen molar-refractivity contribution in [1.29, 1.82) is 0 Å². The predicted molar refractivity (Wildman–Crippen MR) is 112 cm³/mol. The number of benzene rings is 2. The molecule has 0 aliphatic carbocycles. The van der Waals surface area contributed by atoms with Crippen molar-refractivity contribution in [3.63, 3.8) is 0 Å². The van der Waals surface area contributed by atoms with Gasteiger partial charge in [0, 0.05) is 36.6 Å². The van der Waals surface area contributed by atoms with Crippen molar-refractivity contribution < 1.29 is 13.2 Å². The lowest BCUT2D eigenvalue weighted by Crippen LogP contribution is -2.29. The number of hydrogen-bond donors (Lipinski definition) is 2. The summed E-state index contributed by atoms with van der Waals surface area (Å²) in [5.41, 5.74) is 2.01. The molecule has 1 aliphatic rings. The van der Waals surface area contributed by atoms with Gasteiger partial charge in [0.25, 0.3) is 15.9 Å². The molecule has 2 N–H and O–H groups in total. The zero-order chi connectivity index (χ0) is 20.0. The fraction of sp³-hybridized carbons (Fsp3) is 0.286. The maximum absolute atomic E-state index is 12.6. The Balaban J connectivity index is 1.67. The zero-order valence-corrected chi connectivity index (χ0v) is 16.5. The normalized spacial score (nSPS) is 14.4. The molecule has 0 spiro atoms. The first-order chi connectivity index (χ1) is 13.5. The van der Waals surface area contributed by atoms with Gasteiger partial charge in [0.05, 0.1) is 4.90 Å². The van der Waals surface area contributed by atoms with Gasteiger partial charge in [-0.2, -0.15) is 0 Å². The molecular weight excluding hydrogens is 374 g/mol. The zero-order valence-electron chi connectivity index (χ0n) is 15.7. The molecule has 0 bridgehead atoms. The van der Waals surface area contributed by atoms with Crippen molar-refractivity contribution in [2.24, 2.45) is 0 Å². The van der Waals surface area contributed by atoms with Crippen LogP contribution in [-0.4, -0.2) is 34.0 Å². The Bertz CT molecular complexity index is 916. The van der Waals surface area contributed by atoms with Gasteiger partial charge in [-0.1, -0.05) is 6.08 Å². The summed E-state index contributed by atoms with van der Waals surface area (Å²) in [7, 11) is -3.72. The molecule has 0 unspecified atom stereocenters. The van der Waals surface area contributed by atoms with E-state index in [1.807, 2.05) is 12.1 Å². The highest BCUT2D eigenvalue weighted by atomic mass is 32.2. The number of sulfonamides is 1. The standard InChI is InChI=1S/C21H25N3O3S/c1-2-14-22-21(25)17-6-12-20(13-7-17)28(26,27)23-18-8-10-19(11-9-18)24-15-4-3-5-16-24/h2,6-13,23H,1,3-5,14-16H2,(H,22,25). The lowest BCUT2D eigenvalue weighted by Gasteiger charge is -2.28. The van der Waals surface area contributed by atoms with Gasteiger partial charge in [-0.3, -0.25) is 9.52 Å². The SMILES string of the molecule is C=CCNC(=O)c1ccc(S(=O)(=O)Nc2ccc(N3CCCCC3)cc2)cc1. The molecule has 0 saturated carbocycles. The highest BCUT2D eigenvalue weighted by Crippen LogP contribution is 2.23. The molecule has 1 saturated heterocycles. The summed E-state index contributed by atoms with van der Waals surface area (Å²) in [6, 6.07) is 13.3. The molecule has 1 amide bonds. The minimum Gasteiger partial charge on any atom is -0.372 e. The molecule has 6 nitrogen and oxygen atoms in total. The second-order valence-corrected chi connectivity index (χ2v) is 8.41. The fourth-order valence-corrected chi connectivity index (χ4v) is 4.22. The first-order valence-electron chi connectivity index (χ1n) is 9.36. The van der Waals surface area contributed by atoms with Crippen LogP contribution in [0, 0.1) is 0 Å². The molecule has 3 rings (SSSR count). The highest BCUT2D eigenvalue weighted by Gasteiger charge is 2.16. The average Bonchev–Trinajstić information content (AvgIpc) is 2.73. The van der Waals surface area contributed by atoms with Gasteiger partial charge in [0.1, 0.15) is 0 Å². The van der Waals surface area contributed by atoms with Crippen LogP contribution in [0.2, 0.25) is 0 Å². The molecule has 2 aromatic rings. The van der Waals surface area contributed by atoms with Gasteiger partial charge in [-0.05, 0) is 67.8 Å². The van der Waals surface area contributed by atoms with Crippen molar-refractivity contribution in [2.75, 3.05) is 29.3 Å². The van der Waals surface area contributed by atoms with E-state index in [1.165, 1.54) is 43.5 Å². The monoisotopic (exact) mass is 399 g/mol. The Kier molecular flexibility index (Phi) is 6.36. The molecule has 1 aliphatic heterocycles. The van der Waals surface area contributed by atoms with Gasteiger partial charge in [0.2, 0.25) is 0 Å². The number of carbonyl (C=O) groups is 1. The summed E-state index contributed by atoms with van der Waals surface area (Å²) in [4.78, 5) is 14.3. The van der Waals surface area contributed by atoms with Crippen molar-refractivity contribution in [3.8, 4) is 0 Å². The van der Waals surface area contributed by atoms with E-state index in [-0.39, 0.29) is 10.8 Å². The van der Waals surface area contributed by atoms with Crippen LogP contribution in [0.15, 0.2) is 66.1 Å². The second-order valence-electron chi connectivity index (χ2n) is 6.72. The van der Waals surface area contributed by atoms with Crippen LogP contribution in [0.1, 0.15) is 29.6 Å². The molecule has 2 aromatic carbocycles. The predicted octanol–water partition coefficient (Wildman–Crippen LogP) is 3.39. The van der Waals surface area contributed by atoms with Crippen LogP contribution in [0.5, 0.6) is 0 Å². The molecule has 1 heterocycles. The summed E-state index contributed by atoms with van der Waals surface area (Å²) >= 11 is 0. The van der Waals surface area contributed by atoms with Crippen LogP contribution in [0.25, 0.3) is 0 Å². The second kappa shape index (κ2) is 8.93. The number of hydrogen-bond acceptors (Lipinski definition) is 4. The van der Waals surface area contributed by atoms with E-state index in [0.717, 1.165) is 18.8 Å². The smallest absolute Gasteiger partial charge is 0.261 e. The van der Waals surface area contributed by atoms with Gasteiger partial charge in [-0.15, -0.1) is 6.58 Å². The number of nitrogens with one attached hydrogen (secondary N) is 2. The Morgan fingerprint density at radius 2 is 1.64 bits per heavy atom. The molecule has 0 aromatic heterocycles. The number of rotatable bonds is 7. The van der Waals surface area contributed by atoms with E-state index in [1.54, 1.807) is 18.2 Å². The number of carbonyl (C=O) groups excluding carboxylic acids is 1. The summed E-state index contributed by atoms with van der Waals surface area (Å²) in [6.45, 7) is 5.97. The Morgan fingerprint density at radius 1 is 1.00 bits per heavy atom. The van der Waals surface area contributed by atoms with Crippen molar-refractivity contribution in [1.82, 2.24) is 5.32 Å². The molecule has 148 valence electrons. The van der Waals surface area contributed by atoms with Gasteiger partial charge >= 0.3 is 0 Å². The lowest BCUT2D eigenvalue weighted by atomic mass is 10.1. The molecule has 0 atom stereocenters. The van der Waals surface area contributed by atoms with Crippen LogP contribution >= 0.6 is 0 Å². The lowest BCUT2D eigenvalue weighted by molar-refractivity contribution is 0.0958. The molecule has 28 heavy (non-hydrogen) atoms. The Labute approximate surface area is 166 Å². The van der Waals surface area contributed by atoms with Crippen molar-refractivity contribution >= 4 is 27.3 Å². The third kappa shape index (κ3) is 4.92. The summed E-state index contributed by atoms with van der Waals surface area (Å²) < 4.78 is 27.8. The third-order valence-electron chi connectivity index (χ3n) is 4.67. The van der Waals surface area contributed by atoms with E-state index in [4.69, 9.17) is 0 Å². The van der Waals surface area contributed by atoms with Crippen LogP contribution in [-0.2, 0) is 10.0 Å². The topological polar surface area (TPSA) is 78.5 Å². The van der Waals surface area contributed by atoms with E-state index in [0.29, 0.717) is 17.8 Å². The molecule has 1 fully saturated rings. The minimum atomic E-state index is -3.72. The minimum absolute atomic E-state index is 0.105. The van der Waals surface area contributed by atoms with Gasteiger partial charge in [-0.25, -0.2) is 8.42 Å². The van der Waals surface area contributed by atoms with E-state index in [2.05, 4.69) is 21.5 Å². The number of amides is 1. The highest BCUT2D eigenvalue weighted by molar-refractivity contribution is 7.92. The summed E-state index contributed by atoms with van der Waals surface area (Å²) in [5.74, 6) is -0.273. The largest absolute Gasteiger partial charge is 0.372 e. The summed E-state index contributed by atoms with van der Waals surface area (Å²) in [6.07, 6.45) is 5.23. The quantitative estimate of drug-likeness (QED) is 0.700. The number of piperidine rings is 1. The molecule has 7 heteroatoms. The van der Waals surface area contributed by atoms with E-state index in [9.17, 15) is 13.2 Å². The first kappa shape index (κ1) is 19.9. The fourth-order valence-electron chi connectivity index (χ4n) is 3.16. The van der Waals surface area contributed by atoms with Crippen molar-refractivity contribution in [2.45, 2.75) is 24.2 Å². The van der Waals surface area contributed by atoms with Crippen molar-refractivity contribution in [3.05, 3.63) is 66.7 Å². The van der Waals surface area contributed by atoms with E-state index < -0.39 is 10.0 Å². The average molecular weight is 400 g/mol. The third-order valence-corrected chi connectivity index (χ3v) is 6.07. The molecular formula is C21H25N3O3S. The molecule has 0 radical (unpaired) electrons. The van der Waals surface area contributed by atoms with Crippen LogP contribution in [0.3, 0.4) is 0 Å². The van der Waals surface area contributed by atoms with Crippen LogP contribution < -0.4 is 14.9 Å². The Hall–Kier alpha value is -2.80. The van der Waals surface area contributed by atoms with E-state index >= 15 is 0 Å². The number of anilines is 2. The maximum atomic E-state index is 12.6. The van der Waals surface area contributed by atoms with Gasteiger partial charge in [0.15, 0.2) is 0 Å². The summed E-state index contributed by atoms with van der Waals surface area (Å²) in [5, 5.41) is 2.65. The first-order valence-corrected chi connectivity index (χ1v) is 10.8. The maximum Gasteiger partial charge on any atom is 0.261 e. The Morgan fingerprint density at radius 3 is 2.25 bits per heavy atom.